The van der Waals surface area contributed by atoms with Crippen molar-refractivity contribution in [3.05, 3.63) is 36.5 Å². The van der Waals surface area contributed by atoms with Crippen LogP contribution in [0.4, 0.5) is 0 Å². The van der Waals surface area contributed by atoms with Crippen molar-refractivity contribution in [3.63, 3.8) is 0 Å². The molecule has 0 aliphatic rings. The number of hydrogen-bond acceptors (Lipinski definition) is 3. The molecule has 4 nitrogen and oxygen atoms in total. The molecule has 0 bridgehead atoms. The Bertz CT molecular complexity index is 657. The lowest BCUT2D eigenvalue weighted by molar-refractivity contribution is -0.123. The molecule has 0 aromatic rings. The highest BCUT2D eigenvalue weighted by Crippen LogP contribution is 2.13. The second kappa shape index (κ2) is 35.1. The molecule has 43 heavy (non-hydrogen) atoms. The molecular weight excluding hydrogens is 530 g/mol. The van der Waals surface area contributed by atoms with E-state index in [-0.39, 0.29) is 12.5 Å². The number of aliphatic hydroxyl groups is 2. The fourth-order valence-corrected chi connectivity index (χ4v) is 5.44. The molecule has 0 heterocycles. The van der Waals surface area contributed by atoms with Gasteiger partial charge in [0.2, 0.25) is 5.91 Å². The number of nitrogens with one attached hydrogen (secondary N) is 1. The molecule has 0 saturated carbocycles. The SMILES string of the molecule is CCCCCCCCCC/C=C/CC/C=C/CC/C=C/C(O)C(CO)NC(=O)CCCCCCCCCCCCCCC. The Morgan fingerprint density at radius 2 is 0.907 bits per heavy atom. The van der Waals surface area contributed by atoms with Crippen LogP contribution in [0.25, 0.3) is 0 Å². The summed E-state index contributed by atoms with van der Waals surface area (Å²) in [5.41, 5.74) is 0. The molecule has 4 heteroatoms. The highest BCUT2D eigenvalue weighted by molar-refractivity contribution is 5.76. The standard InChI is InChI=1S/C39H73NO3/c1-3-5-7-9-11-13-15-17-18-19-20-21-23-24-26-28-30-32-34-38(42)37(36-41)40-39(43)35-33-31-29-27-25-22-16-14-12-10-8-6-4-2/h19-20,24,26,32,34,37-38,41-42H,3-18,21-23,25,27-31,33,35-36H2,1-2H3,(H,40,43)/b20-19+,26-24+,34-32+. The van der Waals surface area contributed by atoms with Crippen molar-refractivity contribution in [2.75, 3.05) is 6.61 Å². The van der Waals surface area contributed by atoms with Gasteiger partial charge >= 0.3 is 0 Å². The van der Waals surface area contributed by atoms with Crippen molar-refractivity contribution in [1.29, 1.82) is 0 Å². The second-order valence-corrected chi connectivity index (χ2v) is 12.6. The minimum absolute atomic E-state index is 0.0793. The molecule has 0 saturated heterocycles. The van der Waals surface area contributed by atoms with Gasteiger partial charge in [0.25, 0.3) is 0 Å². The fourth-order valence-electron chi connectivity index (χ4n) is 5.44. The summed E-state index contributed by atoms with van der Waals surface area (Å²) in [5.74, 6) is -0.0793. The molecule has 252 valence electrons. The Morgan fingerprint density at radius 1 is 0.535 bits per heavy atom. The first-order valence-corrected chi connectivity index (χ1v) is 18.7. The molecular formula is C39H73NO3. The molecule has 0 aromatic carbocycles. The number of hydrogen-bond donors (Lipinski definition) is 3. The van der Waals surface area contributed by atoms with Gasteiger partial charge in [0.1, 0.15) is 0 Å². The average molecular weight is 604 g/mol. The van der Waals surface area contributed by atoms with E-state index in [1.807, 2.05) is 6.08 Å². The second-order valence-electron chi connectivity index (χ2n) is 12.6. The highest BCUT2D eigenvalue weighted by atomic mass is 16.3. The largest absolute Gasteiger partial charge is 0.394 e. The topological polar surface area (TPSA) is 69.6 Å². The van der Waals surface area contributed by atoms with Crippen molar-refractivity contribution in [2.45, 2.75) is 199 Å². The zero-order valence-electron chi connectivity index (χ0n) is 28.7. The number of aliphatic hydroxyl groups excluding tert-OH is 2. The minimum Gasteiger partial charge on any atom is -0.394 e. The average Bonchev–Trinajstić information content (AvgIpc) is 3.01. The van der Waals surface area contributed by atoms with Crippen molar-refractivity contribution in [3.8, 4) is 0 Å². The molecule has 0 aliphatic heterocycles. The molecule has 0 rings (SSSR count). The number of amides is 1. The number of carbonyl (C=O) groups is 1. The summed E-state index contributed by atoms with van der Waals surface area (Å²) < 4.78 is 0. The quantitative estimate of drug-likeness (QED) is 0.0516. The smallest absolute Gasteiger partial charge is 0.220 e. The van der Waals surface area contributed by atoms with Crippen LogP contribution in [-0.2, 0) is 4.79 Å². The predicted molar refractivity (Wildman–Crippen MR) is 188 cm³/mol. The molecule has 3 N–H and O–H groups in total. The lowest BCUT2D eigenvalue weighted by atomic mass is 10.0. The van der Waals surface area contributed by atoms with Crippen LogP contribution in [0.1, 0.15) is 187 Å². The third-order valence-corrected chi connectivity index (χ3v) is 8.35. The van der Waals surface area contributed by atoms with Gasteiger partial charge in [-0.15, -0.1) is 0 Å². The third kappa shape index (κ3) is 31.8. The van der Waals surface area contributed by atoms with E-state index in [1.165, 1.54) is 128 Å². The van der Waals surface area contributed by atoms with Crippen LogP contribution < -0.4 is 5.32 Å². The van der Waals surface area contributed by atoms with Gasteiger partial charge in [-0.1, -0.05) is 172 Å². The molecule has 0 aromatic heterocycles. The van der Waals surface area contributed by atoms with E-state index in [0.29, 0.717) is 6.42 Å². The summed E-state index contributed by atoms with van der Waals surface area (Å²) in [5, 5.41) is 22.9. The van der Waals surface area contributed by atoms with Gasteiger partial charge in [-0.3, -0.25) is 4.79 Å². The number of rotatable bonds is 33. The van der Waals surface area contributed by atoms with E-state index in [1.54, 1.807) is 6.08 Å². The normalized spacial score (nSPS) is 13.5. The molecule has 2 unspecified atom stereocenters. The van der Waals surface area contributed by atoms with Crippen molar-refractivity contribution in [1.82, 2.24) is 5.32 Å². The molecule has 1 amide bonds. The maximum absolute atomic E-state index is 12.3. The minimum atomic E-state index is -0.865. The summed E-state index contributed by atoms with van der Waals surface area (Å²) in [6.45, 7) is 4.27. The summed E-state index contributed by atoms with van der Waals surface area (Å²) in [6.07, 6.45) is 45.1. The van der Waals surface area contributed by atoms with Crippen LogP contribution in [0.3, 0.4) is 0 Å². The molecule has 0 spiro atoms. The zero-order valence-corrected chi connectivity index (χ0v) is 28.7. The van der Waals surface area contributed by atoms with Crippen molar-refractivity contribution >= 4 is 5.91 Å². The number of carbonyl (C=O) groups excluding carboxylic acids is 1. The van der Waals surface area contributed by atoms with Gasteiger partial charge in [0.15, 0.2) is 0 Å². The summed E-state index contributed by atoms with van der Waals surface area (Å²) in [6, 6.07) is -0.640. The van der Waals surface area contributed by atoms with Crippen LogP contribution in [0.2, 0.25) is 0 Å². The summed E-state index contributed by atoms with van der Waals surface area (Å²) in [4.78, 5) is 12.3. The summed E-state index contributed by atoms with van der Waals surface area (Å²) in [7, 11) is 0. The monoisotopic (exact) mass is 604 g/mol. The van der Waals surface area contributed by atoms with E-state index >= 15 is 0 Å². The van der Waals surface area contributed by atoms with Crippen LogP contribution in [-0.4, -0.2) is 34.9 Å². The Hall–Kier alpha value is -1.39. The van der Waals surface area contributed by atoms with Crippen LogP contribution in [0.5, 0.6) is 0 Å². The number of unbranched alkanes of at least 4 members (excludes halogenated alkanes) is 22. The predicted octanol–water partition coefficient (Wildman–Crippen LogP) is 11.1. The molecule has 2 atom stereocenters. The lowest BCUT2D eigenvalue weighted by Gasteiger charge is -2.19. The molecule has 0 aliphatic carbocycles. The Labute approximate surface area is 268 Å². The van der Waals surface area contributed by atoms with E-state index in [9.17, 15) is 15.0 Å². The van der Waals surface area contributed by atoms with Crippen molar-refractivity contribution in [2.24, 2.45) is 0 Å². The highest BCUT2D eigenvalue weighted by Gasteiger charge is 2.17. The zero-order chi connectivity index (χ0) is 31.5. The van der Waals surface area contributed by atoms with E-state index in [0.717, 1.165) is 38.5 Å². The first-order chi connectivity index (χ1) is 21.2. The number of allylic oxidation sites excluding steroid dienone is 5. The molecule has 0 radical (unpaired) electrons. The van der Waals surface area contributed by atoms with Crippen LogP contribution in [0.15, 0.2) is 36.5 Å². The van der Waals surface area contributed by atoms with Gasteiger partial charge in [0, 0.05) is 6.42 Å². The Morgan fingerprint density at radius 3 is 1.35 bits per heavy atom. The van der Waals surface area contributed by atoms with E-state index < -0.39 is 12.1 Å². The molecule has 0 fully saturated rings. The first-order valence-electron chi connectivity index (χ1n) is 18.7. The Balaban J connectivity index is 3.70. The van der Waals surface area contributed by atoms with Gasteiger partial charge < -0.3 is 15.5 Å². The van der Waals surface area contributed by atoms with E-state index in [2.05, 4.69) is 43.5 Å². The van der Waals surface area contributed by atoms with E-state index in [4.69, 9.17) is 0 Å². The van der Waals surface area contributed by atoms with Gasteiger partial charge in [0.05, 0.1) is 18.8 Å². The first kappa shape index (κ1) is 41.6. The summed E-state index contributed by atoms with van der Waals surface area (Å²) >= 11 is 0. The Kier molecular flexibility index (Phi) is 34.0. The van der Waals surface area contributed by atoms with Gasteiger partial charge in [-0.2, -0.15) is 0 Å². The maximum atomic E-state index is 12.3. The van der Waals surface area contributed by atoms with Gasteiger partial charge in [-0.05, 0) is 44.9 Å². The lowest BCUT2D eigenvalue weighted by Crippen LogP contribution is -2.45. The maximum Gasteiger partial charge on any atom is 0.220 e. The third-order valence-electron chi connectivity index (χ3n) is 8.35. The van der Waals surface area contributed by atoms with Crippen LogP contribution in [0, 0.1) is 0 Å². The fraction of sp³-hybridized carbons (Fsp3) is 0.821. The van der Waals surface area contributed by atoms with Gasteiger partial charge in [-0.25, -0.2) is 0 Å². The van der Waals surface area contributed by atoms with Crippen LogP contribution >= 0.6 is 0 Å². The van der Waals surface area contributed by atoms with Crippen molar-refractivity contribution < 1.29 is 15.0 Å².